The second-order valence-corrected chi connectivity index (χ2v) is 5.48. The molecule has 0 atom stereocenters. The van der Waals surface area contributed by atoms with Crippen molar-refractivity contribution in [3.63, 3.8) is 0 Å². The molecular weight excluding hydrogens is 280 g/mol. The predicted molar refractivity (Wildman–Crippen MR) is 71.2 cm³/mol. The van der Waals surface area contributed by atoms with E-state index in [1.807, 2.05) is 25.1 Å². The summed E-state index contributed by atoms with van der Waals surface area (Å²) >= 11 is 3.43. The molecule has 17 heavy (non-hydrogen) atoms. The number of carbonyl (C=O) groups excluding carboxylic acids is 1. The molecule has 1 aromatic rings. The third-order valence-corrected chi connectivity index (χ3v) is 4.09. The molecule has 2 nitrogen and oxygen atoms in total. The number of rotatable bonds is 2. The Balaban J connectivity index is 2.01. The summed E-state index contributed by atoms with van der Waals surface area (Å²) in [7, 11) is 0. The lowest BCUT2D eigenvalue weighted by Crippen LogP contribution is -2.20. The minimum atomic E-state index is -0.197. The molecule has 0 amide bonds. The number of halogens is 1. The standard InChI is InChI=1S/C14H17BrO2/c1-10-7-8-11(9-13(10)15)14(16)17-12-5-3-2-4-6-12/h7-9,12H,2-6H2,1H3. The normalized spacial score (nSPS) is 16.8. The largest absolute Gasteiger partial charge is 0.459 e. The van der Waals surface area contributed by atoms with Gasteiger partial charge < -0.3 is 4.74 Å². The van der Waals surface area contributed by atoms with Gasteiger partial charge in [-0.3, -0.25) is 0 Å². The van der Waals surface area contributed by atoms with Crippen LogP contribution in [0.2, 0.25) is 0 Å². The lowest BCUT2D eigenvalue weighted by molar-refractivity contribution is 0.0211. The van der Waals surface area contributed by atoms with E-state index in [-0.39, 0.29) is 12.1 Å². The Morgan fingerprint density at radius 2 is 2.00 bits per heavy atom. The number of hydrogen-bond acceptors (Lipinski definition) is 2. The predicted octanol–water partition coefficient (Wildman–Crippen LogP) is 4.25. The van der Waals surface area contributed by atoms with Crippen molar-refractivity contribution >= 4 is 21.9 Å². The molecule has 2 rings (SSSR count). The fourth-order valence-corrected chi connectivity index (χ4v) is 2.50. The highest BCUT2D eigenvalue weighted by Crippen LogP contribution is 2.23. The van der Waals surface area contributed by atoms with Gasteiger partial charge in [0.1, 0.15) is 6.10 Å². The monoisotopic (exact) mass is 296 g/mol. The van der Waals surface area contributed by atoms with E-state index in [1.165, 1.54) is 19.3 Å². The van der Waals surface area contributed by atoms with E-state index in [9.17, 15) is 4.79 Å². The number of benzene rings is 1. The smallest absolute Gasteiger partial charge is 0.338 e. The Kier molecular flexibility index (Phi) is 4.21. The van der Waals surface area contributed by atoms with Crippen LogP contribution in [-0.2, 0) is 4.74 Å². The van der Waals surface area contributed by atoms with Crippen LogP contribution in [0.25, 0.3) is 0 Å². The van der Waals surface area contributed by atoms with E-state index in [2.05, 4.69) is 15.9 Å². The van der Waals surface area contributed by atoms with Gasteiger partial charge in [0.05, 0.1) is 5.56 Å². The first-order chi connectivity index (χ1) is 8.16. The Hall–Kier alpha value is -0.830. The first-order valence-electron chi connectivity index (χ1n) is 6.14. The second-order valence-electron chi connectivity index (χ2n) is 4.63. The maximum absolute atomic E-state index is 11.9. The summed E-state index contributed by atoms with van der Waals surface area (Å²) in [6.45, 7) is 2.00. The Morgan fingerprint density at radius 3 is 2.65 bits per heavy atom. The van der Waals surface area contributed by atoms with Crippen LogP contribution < -0.4 is 0 Å². The highest BCUT2D eigenvalue weighted by atomic mass is 79.9. The van der Waals surface area contributed by atoms with Crippen molar-refractivity contribution in [1.82, 2.24) is 0 Å². The van der Waals surface area contributed by atoms with Gasteiger partial charge >= 0.3 is 5.97 Å². The summed E-state index contributed by atoms with van der Waals surface area (Å²) < 4.78 is 6.47. The van der Waals surface area contributed by atoms with Crippen LogP contribution in [0.4, 0.5) is 0 Å². The molecule has 0 spiro atoms. The summed E-state index contributed by atoms with van der Waals surface area (Å²) in [5, 5.41) is 0. The zero-order chi connectivity index (χ0) is 12.3. The summed E-state index contributed by atoms with van der Waals surface area (Å²) in [4.78, 5) is 11.9. The van der Waals surface area contributed by atoms with Gasteiger partial charge in [-0.25, -0.2) is 4.79 Å². The van der Waals surface area contributed by atoms with Crippen LogP contribution in [0.5, 0.6) is 0 Å². The first kappa shape index (κ1) is 12.6. The van der Waals surface area contributed by atoms with Crippen LogP contribution >= 0.6 is 15.9 Å². The van der Waals surface area contributed by atoms with Crippen molar-refractivity contribution in [2.75, 3.05) is 0 Å². The molecule has 92 valence electrons. The van der Waals surface area contributed by atoms with Gasteiger partial charge in [0.25, 0.3) is 0 Å². The molecule has 1 aliphatic rings. The fraction of sp³-hybridized carbons (Fsp3) is 0.500. The van der Waals surface area contributed by atoms with E-state index in [4.69, 9.17) is 4.74 Å². The van der Waals surface area contributed by atoms with Gasteiger partial charge in [0.15, 0.2) is 0 Å². The van der Waals surface area contributed by atoms with E-state index >= 15 is 0 Å². The molecule has 0 aliphatic heterocycles. The van der Waals surface area contributed by atoms with Crippen LogP contribution in [0.1, 0.15) is 48.0 Å². The maximum atomic E-state index is 11.9. The van der Waals surface area contributed by atoms with Gasteiger partial charge in [-0.1, -0.05) is 28.4 Å². The lowest BCUT2D eigenvalue weighted by atomic mass is 9.98. The quantitative estimate of drug-likeness (QED) is 0.763. The summed E-state index contributed by atoms with van der Waals surface area (Å²) in [6, 6.07) is 5.59. The van der Waals surface area contributed by atoms with E-state index in [0.29, 0.717) is 5.56 Å². The molecule has 3 heteroatoms. The zero-order valence-electron chi connectivity index (χ0n) is 10.0. The molecule has 1 aromatic carbocycles. The molecule has 1 fully saturated rings. The highest BCUT2D eigenvalue weighted by Gasteiger charge is 2.18. The summed E-state index contributed by atoms with van der Waals surface area (Å²) in [5.74, 6) is -0.197. The average molecular weight is 297 g/mol. The van der Waals surface area contributed by atoms with Crippen molar-refractivity contribution in [1.29, 1.82) is 0 Å². The third-order valence-electron chi connectivity index (χ3n) is 3.23. The number of hydrogen-bond donors (Lipinski definition) is 0. The number of ether oxygens (including phenoxy) is 1. The molecule has 0 aromatic heterocycles. The average Bonchev–Trinajstić information content (AvgIpc) is 2.34. The number of carbonyl (C=O) groups is 1. The van der Waals surface area contributed by atoms with Crippen LogP contribution in [0.3, 0.4) is 0 Å². The van der Waals surface area contributed by atoms with Gasteiger partial charge in [-0.05, 0) is 50.3 Å². The molecule has 0 radical (unpaired) electrons. The second kappa shape index (κ2) is 5.67. The van der Waals surface area contributed by atoms with Crippen molar-refractivity contribution in [2.24, 2.45) is 0 Å². The van der Waals surface area contributed by atoms with Crippen LogP contribution in [0, 0.1) is 6.92 Å². The number of aryl methyl sites for hydroxylation is 1. The Labute approximate surface area is 110 Å². The van der Waals surface area contributed by atoms with E-state index in [0.717, 1.165) is 22.9 Å². The van der Waals surface area contributed by atoms with Gasteiger partial charge in [0, 0.05) is 4.47 Å². The molecule has 1 saturated carbocycles. The summed E-state index contributed by atoms with van der Waals surface area (Å²) in [5.41, 5.74) is 1.76. The molecule has 0 N–H and O–H groups in total. The van der Waals surface area contributed by atoms with Gasteiger partial charge in [0.2, 0.25) is 0 Å². The van der Waals surface area contributed by atoms with Crippen molar-refractivity contribution in [3.8, 4) is 0 Å². The molecule has 0 saturated heterocycles. The zero-order valence-corrected chi connectivity index (χ0v) is 11.6. The molecular formula is C14H17BrO2. The van der Waals surface area contributed by atoms with E-state index < -0.39 is 0 Å². The van der Waals surface area contributed by atoms with Crippen molar-refractivity contribution in [3.05, 3.63) is 33.8 Å². The Bertz CT molecular complexity index is 409. The molecule has 0 bridgehead atoms. The minimum absolute atomic E-state index is 0.122. The Morgan fingerprint density at radius 1 is 1.29 bits per heavy atom. The highest BCUT2D eigenvalue weighted by molar-refractivity contribution is 9.10. The SMILES string of the molecule is Cc1ccc(C(=O)OC2CCCCC2)cc1Br. The topological polar surface area (TPSA) is 26.3 Å². The molecule has 0 heterocycles. The van der Waals surface area contributed by atoms with Crippen LogP contribution in [0.15, 0.2) is 22.7 Å². The molecule has 0 unspecified atom stereocenters. The maximum Gasteiger partial charge on any atom is 0.338 e. The van der Waals surface area contributed by atoms with Crippen molar-refractivity contribution in [2.45, 2.75) is 45.1 Å². The van der Waals surface area contributed by atoms with Gasteiger partial charge in [-0.2, -0.15) is 0 Å². The minimum Gasteiger partial charge on any atom is -0.459 e. The summed E-state index contributed by atoms with van der Waals surface area (Å²) in [6.07, 6.45) is 5.77. The van der Waals surface area contributed by atoms with E-state index in [1.54, 1.807) is 0 Å². The molecule has 1 aliphatic carbocycles. The van der Waals surface area contributed by atoms with Crippen LogP contribution in [-0.4, -0.2) is 12.1 Å². The third kappa shape index (κ3) is 3.32. The fourth-order valence-electron chi connectivity index (χ4n) is 2.12. The first-order valence-corrected chi connectivity index (χ1v) is 6.93. The number of esters is 1. The van der Waals surface area contributed by atoms with Crippen molar-refractivity contribution < 1.29 is 9.53 Å². The lowest BCUT2D eigenvalue weighted by Gasteiger charge is -2.21. The van der Waals surface area contributed by atoms with Gasteiger partial charge in [-0.15, -0.1) is 0 Å².